The molecule has 174 valence electrons. The quantitative estimate of drug-likeness (QED) is 0.445. The van der Waals surface area contributed by atoms with Crippen LogP contribution in [0.4, 0.5) is 0 Å². The molecular formula is C27H24NO6-. The fraction of sp³-hybridized carbons (Fsp3) is 0.296. The second-order valence-electron chi connectivity index (χ2n) is 8.85. The number of fused-ring (bicyclic) bond motifs is 4. The number of furan rings is 1. The van der Waals surface area contributed by atoms with Crippen molar-refractivity contribution in [2.24, 2.45) is 0 Å². The highest BCUT2D eigenvalue weighted by Gasteiger charge is 2.22. The Kier molecular flexibility index (Phi) is 5.69. The van der Waals surface area contributed by atoms with Crippen molar-refractivity contribution in [1.29, 1.82) is 0 Å². The van der Waals surface area contributed by atoms with Crippen LogP contribution in [0.2, 0.25) is 0 Å². The van der Waals surface area contributed by atoms with Gasteiger partial charge in [0.1, 0.15) is 16.9 Å². The fourth-order valence-corrected chi connectivity index (χ4v) is 4.80. The van der Waals surface area contributed by atoms with Crippen LogP contribution in [-0.2, 0) is 35.3 Å². The van der Waals surface area contributed by atoms with Gasteiger partial charge in [0.15, 0.2) is 0 Å². The maximum Gasteiger partial charge on any atom is 0.340 e. The maximum absolute atomic E-state index is 12.7. The van der Waals surface area contributed by atoms with E-state index in [2.05, 4.69) is 5.32 Å². The van der Waals surface area contributed by atoms with Crippen LogP contribution in [0.25, 0.3) is 21.9 Å². The third kappa shape index (κ3) is 4.09. The summed E-state index contributed by atoms with van der Waals surface area (Å²) in [6.07, 6.45) is 3.85. The predicted molar refractivity (Wildman–Crippen MR) is 124 cm³/mol. The van der Waals surface area contributed by atoms with Crippen molar-refractivity contribution in [2.75, 3.05) is 0 Å². The summed E-state index contributed by atoms with van der Waals surface area (Å²) in [7, 11) is 0. The van der Waals surface area contributed by atoms with Crippen LogP contribution >= 0.6 is 0 Å². The van der Waals surface area contributed by atoms with Gasteiger partial charge >= 0.3 is 5.63 Å². The Balaban J connectivity index is 1.44. The third-order valence-corrected chi connectivity index (χ3v) is 6.60. The molecule has 1 N–H and O–H groups in total. The number of carboxylic acid groups (broad SMARTS) is 1. The molecule has 4 aromatic rings. The first-order valence-electron chi connectivity index (χ1n) is 11.5. The summed E-state index contributed by atoms with van der Waals surface area (Å²) in [5.74, 6) is -0.976. The van der Waals surface area contributed by atoms with Crippen LogP contribution in [0.3, 0.4) is 0 Å². The van der Waals surface area contributed by atoms with E-state index >= 15 is 0 Å². The molecule has 2 heterocycles. The minimum absolute atomic E-state index is 0.0871. The number of benzene rings is 2. The van der Waals surface area contributed by atoms with Crippen LogP contribution in [0.5, 0.6) is 0 Å². The number of carboxylic acids is 1. The van der Waals surface area contributed by atoms with Crippen LogP contribution in [0.1, 0.15) is 40.9 Å². The topological polar surface area (TPSA) is 113 Å². The molecule has 1 aliphatic rings. The lowest BCUT2D eigenvalue weighted by molar-refractivity contribution is -0.308. The van der Waals surface area contributed by atoms with E-state index in [0.29, 0.717) is 16.7 Å². The summed E-state index contributed by atoms with van der Waals surface area (Å²) >= 11 is 0. The second-order valence-corrected chi connectivity index (χ2v) is 8.85. The number of amides is 1. The molecule has 0 spiro atoms. The number of carbonyl (C=O) groups is 2. The normalized spacial score (nSPS) is 14.1. The van der Waals surface area contributed by atoms with E-state index in [9.17, 15) is 19.5 Å². The van der Waals surface area contributed by atoms with E-state index in [4.69, 9.17) is 8.83 Å². The summed E-state index contributed by atoms with van der Waals surface area (Å²) < 4.78 is 11.5. The van der Waals surface area contributed by atoms with E-state index in [1.165, 1.54) is 5.56 Å². The summed E-state index contributed by atoms with van der Waals surface area (Å²) in [5, 5.41) is 15.8. The van der Waals surface area contributed by atoms with E-state index in [1.54, 1.807) is 37.3 Å². The predicted octanol–water partition coefficient (Wildman–Crippen LogP) is 2.75. The molecule has 7 nitrogen and oxygen atoms in total. The van der Waals surface area contributed by atoms with Crippen molar-refractivity contribution in [2.45, 2.75) is 51.5 Å². The van der Waals surface area contributed by atoms with Crippen molar-refractivity contribution < 1.29 is 23.5 Å². The van der Waals surface area contributed by atoms with Gasteiger partial charge in [-0.3, -0.25) is 4.79 Å². The second kappa shape index (κ2) is 8.82. The number of nitrogens with one attached hydrogen (secondary N) is 1. The van der Waals surface area contributed by atoms with Gasteiger partial charge in [-0.25, -0.2) is 4.79 Å². The molecule has 1 amide bonds. The van der Waals surface area contributed by atoms with E-state index in [0.717, 1.165) is 47.8 Å². The van der Waals surface area contributed by atoms with Crippen molar-refractivity contribution in [3.63, 3.8) is 0 Å². The number of aryl methyl sites for hydroxylation is 3. The van der Waals surface area contributed by atoms with E-state index in [1.807, 2.05) is 12.1 Å². The molecule has 0 saturated heterocycles. The van der Waals surface area contributed by atoms with Gasteiger partial charge in [0.05, 0.1) is 24.0 Å². The van der Waals surface area contributed by atoms with Crippen molar-refractivity contribution >= 4 is 33.8 Å². The Morgan fingerprint density at radius 3 is 2.53 bits per heavy atom. The van der Waals surface area contributed by atoms with E-state index < -0.39 is 23.5 Å². The summed E-state index contributed by atoms with van der Waals surface area (Å²) in [5.41, 5.74) is 3.29. The van der Waals surface area contributed by atoms with Gasteiger partial charge in [-0.1, -0.05) is 30.3 Å². The Morgan fingerprint density at radius 1 is 1.03 bits per heavy atom. The molecule has 7 heteroatoms. The van der Waals surface area contributed by atoms with Gasteiger partial charge in [0, 0.05) is 28.8 Å². The molecular weight excluding hydrogens is 434 g/mol. The molecule has 1 aliphatic carbocycles. The molecule has 0 radical (unpaired) electrons. The Labute approximate surface area is 195 Å². The lowest BCUT2D eigenvalue weighted by Gasteiger charge is -2.20. The molecule has 0 unspecified atom stereocenters. The first-order chi connectivity index (χ1) is 16.4. The average molecular weight is 458 g/mol. The maximum atomic E-state index is 12.7. The van der Waals surface area contributed by atoms with Gasteiger partial charge in [-0.05, 0) is 49.8 Å². The zero-order valence-corrected chi connectivity index (χ0v) is 18.8. The van der Waals surface area contributed by atoms with Crippen molar-refractivity contribution in [3.8, 4) is 0 Å². The Morgan fingerprint density at radius 2 is 1.76 bits per heavy atom. The zero-order chi connectivity index (χ0) is 23.8. The van der Waals surface area contributed by atoms with Gasteiger partial charge < -0.3 is 24.1 Å². The molecule has 0 saturated carbocycles. The largest absolute Gasteiger partial charge is 0.548 e. The smallest absolute Gasteiger partial charge is 0.340 e. The van der Waals surface area contributed by atoms with Gasteiger partial charge in [0.2, 0.25) is 5.91 Å². The van der Waals surface area contributed by atoms with Crippen LogP contribution in [0, 0.1) is 6.92 Å². The van der Waals surface area contributed by atoms with Crippen LogP contribution < -0.4 is 16.0 Å². The molecule has 0 fully saturated rings. The number of carbonyl (C=O) groups excluding carboxylic acids is 2. The Hall–Kier alpha value is -3.87. The van der Waals surface area contributed by atoms with Crippen LogP contribution in [0.15, 0.2) is 56.1 Å². The standard InChI is InChI=1S/C27H25NO6/c1-15-18-12-20-17-9-5-6-10-22(17)33-24(20)14-23(18)34-27(32)19(15)13-25(29)28-21(26(30)31)11-16-7-3-2-4-8-16/h2-4,7-8,12,14,21H,5-6,9-11,13H2,1H3,(H,28,29)(H,30,31)/p-1/t21-/m0/s1. The molecule has 5 rings (SSSR count). The van der Waals surface area contributed by atoms with Gasteiger partial charge in [0.25, 0.3) is 0 Å². The minimum atomic E-state index is -1.38. The molecule has 1 atom stereocenters. The first kappa shape index (κ1) is 21.9. The fourth-order valence-electron chi connectivity index (χ4n) is 4.80. The average Bonchev–Trinajstić information content (AvgIpc) is 3.18. The molecule has 2 aromatic heterocycles. The minimum Gasteiger partial charge on any atom is -0.548 e. The van der Waals surface area contributed by atoms with Crippen LogP contribution in [-0.4, -0.2) is 17.9 Å². The number of hydrogen-bond acceptors (Lipinski definition) is 6. The summed E-state index contributed by atoms with van der Waals surface area (Å²) in [6, 6.07) is 11.5. The highest BCUT2D eigenvalue weighted by molar-refractivity contribution is 5.97. The number of rotatable bonds is 6. The van der Waals surface area contributed by atoms with Gasteiger partial charge in [-0.2, -0.15) is 0 Å². The SMILES string of the molecule is Cc1c(CC(=O)N[C@@H](Cc2ccccc2)C(=O)[O-])c(=O)oc2cc3oc4c(c3cc12)CCCC4. The first-order valence-corrected chi connectivity index (χ1v) is 11.5. The zero-order valence-electron chi connectivity index (χ0n) is 18.8. The number of hydrogen-bond donors (Lipinski definition) is 1. The third-order valence-electron chi connectivity index (χ3n) is 6.60. The molecule has 0 aliphatic heterocycles. The van der Waals surface area contributed by atoms with Crippen molar-refractivity contribution in [3.05, 3.63) is 80.9 Å². The lowest BCUT2D eigenvalue weighted by atomic mass is 9.94. The lowest BCUT2D eigenvalue weighted by Crippen LogP contribution is -2.49. The molecule has 34 heavy (non-hydrogen) atoms. The summed E-state index contributed by atoms with van der Waals surface area (Å²) in [6.45, 7) is 1.78. The Bertz CT molecular complexity index is 1460. The highest BCUT2D eigenvalue weighted by atomic mass is 16.4. The highest BCUT2D eigenvalue weighted by Crippen LogP contribution is 2.35. The van der Waals surface area contributed by atoms with Crippen molar-refractivity contribution in [1.82, 2.24) is 5.32 Å². The number of aliphatic carboxylic acids is 1. The molecule has 2 aromatic carbocycles. The summed E-state index contributed by atoms with van der Waals surface area (Å²) in [4.78, 5) is 37.0. The molecule has 0 bridgehead atoms. The monoisotopic (exact) mass is 458 g/mol. The van der Waals surface area contributed by atoms with Gasteiger partial charge in [-0.15, -0.1) is 0 Å². The van der Waals surface area contributed by atoms with E-state index in [-0.39, 0.29) is 18.4 Å².